The van der Waals surface area contributed by atoms with Gasteiger partial charge in [0.25, 0.3) is 5.91 Å². The van der Waals surface area contributed by atoms with Crippen LogP contribution in [0, 0.1) is 13.8 Å². The number of carbonyl (C=O) groups excluding carboxylic acids is 1. The lowest BCUT2D eigenvalue weighted by Crippen LogP contribution is -2.38. The Kier molecular flexibility index (Phi) is 4.37. The van der Waals surface area contributed by atoms with Crippen molar-refractivity contribution in [2.45, 2.75) is 46.1 Å². The van der Waals surface area contributed by atoms with Crippen molar-refractivity contribution in [3.05, 3.63) is 41.3 Å². The Hall–Kier alpha value is -2.30. The number of amides is 1. The number of aryl methyl sites for hydroxylation is 2. The van der Waals surface area contributed by atoms with Gasteiger partial charge in [-0.1, -0.05) is 0 Å². The van der Waals surface area contributed by atoms with Gasteiger partial charge in [-0.05, 0) is 57.7 Å². The van der Waals surface area contributed by atoms with Crippen molar-refractivity contribution in [1.29, 1.82) is 0 Å². The van der Waals surface area contributed by atoms with Gasteiger partial charge in [0.15, 0.2) is 0 Å². The predicted octanol–water partition coefficient (Wildman–Crippen LogP) is 3.66. The summed E-state index contributed by atoms with van der Waals surface area (Å²) in [4.78, 5) is 22.3. The molecule has 5 heteroatoms. The summed E-state index contributed by atoms with van der Waals surface area (Å²) in [5.74, 6) is 0.928. The molecule has 0 radical (unpaired) electrons. The molecule has 0 aliphatic carbocycles. The number of aromatic nitrogens is 2. The van der Waals surface area contributed by atoms with E-state index in [1.807, 2.05) is 13.0 Å². The number of nitrogens with zero attached hydrogens (tertiary/aromatic N) is 2. The first kappa shape index (κ1) is 15.6. The number of carbonyl (C=O) groups is 1. The number of piperidine rings is 1. The van der Waals surface area contributed by atoms with Gasteiger partial charge in [0.1, 0.15) is 5.82 Å². The van der Waals surface area contributed by atoms with Crippen LogP contribution in [0.15, 0.2) is 24.5 Å². The van der Waals surface area contributed by atoms with Gasteiger partial charge in [-0.3, -0.25) is 4.79 Å². The average Bonchev–Trinajstić information content (AvgIpc) is 2.95. The van der Waals surface area contributed by atoms with E-state index in [1.165, 1.54) is 19.3 Å². The molecule has 1 saturated heterocycles. The van der Waals surface area contributed by atoms with Crippen LogP contribution in [0.5, 0.6) is 0 Å². The molecule has 0 bridgehead atoms. The molecule has 1 aliphatic rings. The Balaban J connectivity index is 1.77. The summed E-state index contributed by atoms with van der Waals surface area (Å²) in [5, 5.41) is 2.93. The second kappa shape index (κ2) is 6.44. The fraction of sp³-hybridized carbons (Fsp3) is 0.444. The minimum absolute atomic E-state index is 0.107. The molecule has 2 N–H and O–H groups in total. The maximum Gasteiger partial charge on any atom is 0.257 e. The molecule has 3 heterocycles. The van der Waals surface area contributed by atoms with Gasteiger partial charge in [-0.2, -0.15) is 0 Å². The average molecular weight is 312 g/mol. The summed E-state index contributed by atoms with van der Waals surface area (Å²) in [6.07, 6.45) is 7.25. The molecular weight excluding hydrogens is 288 g/mol. The highest BCUT2D eigenvalue weighted by atomic mass is 16.1. The fourth-order valence-corrected chi connectivity index (χ4v) is 3.25. The van der Waals surface area contributed by atoms with E-state index in [2.05, 4.69) is 34.0 Å². The first-order valence-electron chi connectivity index (χ1n) is 8.25. The predicted molar refractivity (Wildman–Crippen MR) is 93.1 cm³/mol. The topological polar surface area (TPSA) is 61.0 Å². The van der Waals surface area contributed by atoms with Crippen LogP contribution in [0.2, 0.25) is 0 Å². The van der Waals surface area contributed by atoms with Crippen LogP contribution in [-0.2, 0) is 0 Å². The summed E-state index contributed by atoms with van der Waals surface area (Å²) < 4.78 is 0. The number of H-pyrrole nitrogens is 1. The van der Waals surface area contributed by atoms with E-state index in [0.717, 1.165) is 29.3 Å². The SMILES string of the molecule is Cc1cc(NC(=O)c2cc[nH]c2C)cnc1N1CCCCC1C. The zero-order chi connectivity index (χ0) is 16.4. The van der Waals surface area contributed by atoms with Crippen molar-refractivity contribution in [3.8, 4) is 0 Å². The van der Waals surface area contributed by atoms with E-state index in [0.29, 0.717) is 11.6 Å². The summed E-state index contributed by atoms with van der Waals surface area (Å²) >= 11 is 0. The Morgan fingerprint density at radius 2 is 2.22 bits per heavy atom. The molecule has 5 nitrogen and oxygen atoms in total. The minimum Gasteiger partial charge on any atom is -0.365 e. The molecule has 3 rings (SSSR count). The summed E-state index contributed by atoms with van der Waals surface area (Å²) in [7, 11) is 0. The van der Waals surface area contributed by atoms with E-state index in [4.69, 9.17) is 0 Å². The molecule has 0 saturated carbocycles. The van der Waals surface area contributed by atoms with Crippen molar-refractivity contribution >= 4 is 17.4 Å². The maximum atomic E-state index is 12.3. The molecule has 23 heavy (non-hydrogen) atoms. The summed E-state index contributed by atoms with van der Waals surface area (Å²) in [6, 6.07) is 4.32. The quantitative estimate of drug-likeness (QED) is 0.909. The Bertz CT molecular complexity index is 707. The van der Waals surface area contributed by atoms with Crippen molar-refractivity contribution in [3.63, 3.8) is 0 Å². The molecule has 0 aromatic carbocycles. The van der Waals surface area contributed by atoms with Crippen molar-refractivity contribution in [2.24, 2.45) is 0 Å². The van der Waals surface area contributed by atoms with Gasteiger partial charge in [0.05, 0.1) is 17.4 Å². The molecule has 2 aromatic heterocycles. The number of hydrogen-bond acceptors (Lipinski definition) is 3. The standard InChI is InChI=1S/C18H24N4O/c1-12-10-15(21-18(23)16-7-8-19-14(16)3)11-20-17(12)22-9-5-4-6-13(22)2/h7-8,10-11,13,19H,4-6,9H2,1-3H3,(H,21,23). The maximum absolute atomic E-state index is 12.3. The largest absolute Gasteiger partial charge is 0.365 e. The van der Waals surface area contributed by atoms with Crippen LogP contribution in [0.3, 0.4) is 0 Å². The molecule has 1 unspecified atom stereocenters. The molecule has 1 fully saturated rings. The molecular formula is C18H24N4O. The van der Waals surface area contributed by atoms with Gasteiger partial charge in [-0.15, -0.1) is 0 Å². The van der Waals surface area contributed by atoms with E-state index in [1.54, 1.807) is 18.5 Å². The third-order valence-electron chi connectivity index (χ3n) is 4.58. The van der Waals surface area contributed by atoms with Crippen molar-refractivity contribution < 1.29 is 4.79 Å². The highest BCUT2D eigenvalue weighted by molar-refractivity contribution is 6.05. The Morgan fingerprint density at radius 3 is 2.87 bits per heavy atom. The Morgan fingerprint density at radius 1 is 1.39 bits per heavy atom. The summed E-state index contributed by atoms with van der Waals surface area (Å²) in [6.45, 7) is 7.26. The smallest absolute Gasteiger partial charge is 0.257 e. The normalized spacial score (nSPS) is 18.0. The van der Waals surface area contributed by atoms with E-state index >= 15 is 0 Å². The number of nitrogens with one attached hydrogen (secondary N) is 2. The van der Waals surface area contributed by atoms with Crippen LogP contribution in [-0.4, -0.2) is 28.5 Å². The molecule has 2 aromatic rings. The highest BCUT2D eigenvalue weighted by Gasteiger charge is 2.21. The number of hydrogen-bond donors (Lipinski definition) is 2. The highest BCUT2D eigenvalue weighted by Crippen LogP contribution is 2.27. The zero-order valence-electron chi connectivity index (χ0n) is 14.0. The summed E-state index contributed by atoms with van der Waals surface area (Å²) in [5.41, 5.74) is 3.37. The van der Waals surface area contributed by atoms with Gasteiger partial charge in [0, 0.05) is 24.5 Å². The van der Waals surface area contributed by atoms with Gasteiger partial charge >= 0.3 is 0 Å². The second-order valence-electron chi connectivity index (χ2n) is 6.37. The molecule has 1 aliphatic heterocycles. The lowest BCUT2D eigenvalue weighted by molar-refractivity contribution is 0.102. The molecule has 1 amide bonds. The molecule has 122 valence electrons. The fourth-order valence-electron chi connectivity index (χ4n) is 3.25. The zero-order valence-corrected chi connectivity index (χ0v) is 14.0. The number of rotatable bonds is 3. The van der Waals surface area contributed by atoms with Crippen molar-refractivity contribution in [1.82, 2.24) is 9.97 Å². The van der Waals surface area contributed by atoms with E-state index in [-0.39, 0.29) is 5.91 Å². The third kappa shape index (κ3) is 3.23. The van der Waals surface area contributed by atoms with E-state index < -0.39 is 0 Å². The van der Waals surface area contributed by atoms with Crippen molar-refractivity contribution in [2.75, 3.05) is 16.8 Å². The van der Waals surface area contributed by atoms with Gasteiger partial charge in [-0.25, -0.2) is 4.98 Å². The second-order valence-corrected chi connectivity index (χ2v) is 6.37. The van der Waals surface area contributed by atoms with Crippen LogP contribution in [0.1, 0.15) is 47.8 Å². The van der Waals surface area contributed by atoms with Crippen LogP contribution >= 0.6 is 0 Å². The van der Waals surface area contributed by atoms with Gasteiger partial charge in [0.2, 0.25) is 0 Å². The molecule has 0 spiro atoms. The Labute approximate surface area is 137 Å². The van der Waals surface area contributed by atoms with E-state index in [9.17, 15) is 4.79 Å². The third-order valence-corrected chi connectivity index (χ3v) is 4.58. The minimum atomic E-state index is -0.107. The van der Waals surface area contributed by atoms with Crippen LogP contribution < -0.4 is 10.2 Å². The first-order valence-corrected chi connectivity index (χ1v) is 8.25. The lowest BCUT2D eigenvalue weighted by atomic mass is 10.0. The number of anilines is 2. The van der Waals surface area contributed by atoms with Crippen LogP contribution in [0.4, 0.5) is 11.5 Å². The number of pyridine rings is 1. The number of aromatic amines is 1. The van der Waals surface area contributed by atoms with Gasteiger partial charge < -0.3 is 15.2 Å². The monoisotopic (exact) mass is 312 g/mol. The lowest BCUT2D eigenvalue weighted by Gasteiger charge is -2.35. The molecule has 1 atom stereocenters. The first-order chi connectivity index (χ1) is 11.1. The van der Waals surface area contributed by atoms with Crippen LogP contribution in [0.25, 0.3) is 0 Å².